The Labute approximate surface area is 113 Å². The third-order valence-electron chi connectivity index (χ3n) is 2.75. The molecular weight excluding hydrogens is 262 g/mol. The molecule has 1 N–H and O–H groups in total. The summed E-state index contributed by atoms with van der Waals surface area (Å²) in [7, 11) is 0. The number of carboxylic acids is 1. The predicted molar refractivity (Wildman–Crippen MR) is 68.9 cm³/mol. The summed E-state index contributed by atoms with van der Waals surface area (Å²) in [4.78, 5) is 15.0. The second-order valence-corrected chi connectivity index (χ2v) is 4.10. The number of aromatic carboxylic acids is 1. The zero-order valence-corrected chi connectivity index (χ0v) is 10.6. The molecule has 102 valence electrons. The van der Waals surface area contributed by atoms with Crippen LogP contribution in [0, 0.1) is 0 Å². The first kappa shape index (κ1) is 12.2. The van der Waals surface area contributed by atoms with Crippen LogP contribution in [0.1, 0.15) is 17.3 Å². The van der Waals surface area contributed by atoms with E-state index in [2.05, 4.69) is 10.1 Å². The fraction of sp³-hybridized carbons (Fsp3) is 0.154. The van der Waals surface area contributed by atoms with Crippen molar-refractivity contribution in [2.24, 2.45) is 0 Å². The molecule has 7 nitrogen and oxygen atoms in total. The van der Waals surface area contributed by atoms with Crippen LogP contribution in [-0.2, 0) is 6.54 Å². The minimum absolute atomic E-state index is 0.0539. The maximum atomic E-state index is 10.9. The zero-order chi connectivity index (χ0) is 14.1. The normalized spacial score (nSPS) is 10.8. The fourth-order valence-corrected chi connectivity index (χ4v) is 1.75. The first-order valence-electron chi connectivity index (χ1n) is 6.00. The number of aryl methyl sites for hydroxylation is 1. The highest BCUT2D eigenvalue weighted by Gasteiger charge is 2.11. The predicted octanol–water partition coefficient (Wildman–Crippen LogP) is 2.53. The van der Waals surface area contributed by atoms with Crippen molar-refractivity contribution in [2.45, 2.75) is 13.5 Å². The summed E-state index contributed by atoms with van der Waals surface area (Å²) >= 11 is 0. The molecule has 20 heavy (non-hydrogen) atoms. The van der Waals surface area contributed by atoms with Gasteiger partial charge in [-0.15, -0.1) is 0 Å². The number of hydrogen-bond donors (Lipinski definition) is 1. The molecule has 0 aliphatic rings. The minimum atomic E-state index is -1.02. The summed E-state index contributed by atoms with van der Waals surface area (Å²) in [6.45, 7) is 2.70. The van der Waals surface area contributed by atoms with Gasteiger partial charge < -0.3 is 14.3 Å². The lowest BCUT2D eigenvalue weighted by atomic mass is 10.2. The lowest BCUT2D eigenvalue weighted by Crippen LogP contribution is -1.94. The summed E-state index contributed by atoms with van der Waals surface area (Å²) in [6, 6.07) is 4.45. The third kappa shape index (κ3) is 2.20. The molecule has 7 heteroatoms. The van der Waals surface area contributed by atoms with Crippen molar-refractivity contribution in [2.75, 3.05) is 0 Å². The molecule has 0 unspecified atom stereocenters. The maximum absolute atomic E-state index is 10.9. The molecule has 0 saturated heterocycles. The Hall–Kier alpha value is -2.83. The van der Waals surface area contributed by atoms with Crippen molar-refractivity contribution in [3.05, 3.63) is 36.2 Å². The number of carbonyl (C=O) groups is 1. The Morgan fingerprint density at radius 3 is 3.05 bits per heavy atom. The van der Waals surface area contributed by atoms with E-state index in [1.165, 1.54) is 12.1 Å². The van der Waals surface area contributed by atoms with Crippen LogP contribution in [0.15, 0.2) is 35.0 Å². The quantitative estimate of drug-likeness (QED) is 0.785. The van der Waals surface area contributed by atoms with E-state index in [1.807, 2.05) is 6.92 Å². The van der Waals surface area contributed by atoms with Gasteiger partial charge in [-0.1, -0.05) is 0 Å². The lowest BCUT2D eigenvalue weighted by molar-refractivity contribution is 0.0697. The number of ether oxygens (including phenoxy) is 1. The van der Waals surface area contributed by atoms with Gasteiger partial charge in [-0.05, 0) is 25.1 Å². The summed E-state index contributed by atoms with van der Waals surface area (Å²) in [6.07, 6.45) is 3.33. The topological polar surface area (TPSA) is 90.4 Å². The van der Waals surface area contributed by atoms with Crippen LogP contribution in [0.4, 0.5) is 0 Å². The van der Waals surface area contributed by atoms with Gasteiger partial charge >= 0.3 is 12.0 Å². The van der Waals surface area contributed by atoms with Gasteiger partial charge in [0, 0.05) is 6.54 Å². The molecule has 0 spiro atoms. The van der Waals surface area contributed by atoms with Crippen molar-refractivity contribution in [3.8, 4) is 11.8 Å². The molecule has 0 saturated carbocycles. The molecule has 0 aliphatic carbocycles. The van der Waals surface area contributed by atoms with Crippen molar-refractivity contribution < 1.29 is 19.1 Å². The maximum Gasteiger partial charge on any atom is 0.400 e. The molecule has 2 aromatic heterocycles. The minimum Gasteiger partial charge on any atom is -0.478 e. The van der Waals surface area contributed by atoms with Gasteiger partial charge in [0.15, 0.2) is 11.3 Å². The molecule has 0 amide bonds. The van der Waals surface area contributed by atoms with Gasteiger partial charge in [-0.2, -0.15) is 10.1 Å². The summed E-state index contributed by atoms with van der Waals surface area (Å²) in [5.41, 5.74) is 1.04. The number of benzene rings is 1. The van der Waals surface area contributed by atoms with Gasteiger partial charge in [-0.3, -0.25) is 4.68 Å². The van der Waals surface area contributed by atoms with E-state index in [-0.39, 0.29) is 11.6 Å². The van der Waals surface area contributed by atoms with Gasteiger partial charge in [0.1, 0.15) is 5.52 Å². The van der Waals surface area contributed by atoms with Crippen molar-refractivity contribution >= 4 is 17.1 Å². The number of carboxylic acid groups (broad SMARTS) is 1. The monoisotopic (exact) mass is 273 g/mol. The lowest BCUT2D eigenvalue weighted by Gasteiger charge is -1.94. The Kier molecular flexibility index (Phi) is 2.86. The number of fused-ring (bicyclic) bond motifs is 1. The van der Waals surface area contributed by atoms with Crippen LogP contribution in [0.2, 0.25) is 0 Å². The molecule has 0 radical (unpaired) electrons. The second-order valence-electron chi connectivity index (χ2n) is 4.10. The smallest absolute Gasteiger partial charge is 0.400 e. The van der Waals surface area contributed by atoms with Gasteiger partial charge in [-0.25, -0.2) is 4.79 Å². The summed E-state index contributed by atoms with van der Waals surface area (Å²) < 4.78 is 12.5. The number of nitrogens with zero attached hydrogens (tertiary/aromatic N) is 3. The Balaban J connectivity index is 1.90. The van der Waals surface area contributed by atoms with E-state index < -0.39 is 5.97 Å². The van der Waals surface area contributed by atoms with Crippen LogP contribution in [-0.4, -0.2) is 25.8 Å². The molecule has 0 atom stereocenters. The highest BCUT2D eigenvalue weighted by atomic mass is 16.6. The molecule has 0 fully saturated rings. The Morgan fingerprint density at radius 2 is 2.35 bits per heavy atom. The zero-order valence-electron chi connectivity index (χ0n) is 10.6. The Morgan fingerprint density at radius 1 is 1.50 bits per heavy atom. The van der Waals surface area contributed by atoms with Crippen molar-refractivity contribution in [3.63, 3.8) is 0 Å². The number of hydrogen-bond acceptors (Lipinski definition) is 5. The van der Waals surface area contributed by atoms with Gasteiger partial charge in [0.25, 0.3) is 0 Å². The fourth-order valence-electron chi connectivity index (χ4n) is 1.75. The summed E-state index contributed by atoms with van der Waals surface area (Å²) in [5, 5.41) is 13.0. The van der Waals surface area contributed by atoms with E-state index in [0.717, 1.165) is 6.54 Å². The van der Waals surface area contributed by atoms with Gasteiger partial charge in [0.05, 0.1) is 18.0 Å². The SMILES string of the molecule is CCn1cc(Oc2nc3ccc(C(=O)O)cc3o2)cn1. The molecular formula is C13H11N3O4. The van der Waals surface area contributed by atoms with E-state index in [1.54, 1.807) is 23.1 Å². The average Bonchev–Trinajstić information content (AvgIpc) is 3.03. The van der Waals surface area contributed by atoms with Crippen LogP contribution in [0.5, 0.6) is 11.8 Å². The van der Waals surface area contributed by atoms with Crippen molar-refractivity contribution in [1.29, 1.82) is 0 Å². The second kappa shape index (κ2) is 4.69. The van der Waals surface area contributed by atoms with Crippen LogP contribution < -0.4 is 4.74 Å². The molecule has 3 aromatic rings. The number of oxazole rings is 1. The van der Waals surface area contributed by atoms with E-state index in [0.29, 0.717) is 16.8 Å². The molecule has 0 bridgehead atoms. The van der Waals surface area contributed by atoms with E-state index >= 15 is 0 Å². The first-order chi connectivity index (χ1) is 9.65. The average molecular weight is 273 g/mol. The highest BCUT2D eigenvalue weighted by Crippen LogP contribution is 2.25. The van der Waals surface area contributed by atoms with E-state index in [4.69, 9.17) is 14.3 Å². The largest absolute Gasteiger partial charge is 0.478 e. The van der Waals surface area contributed by atoms with Crippen LogP contribution >= 0.6 is 0 Å². The highest BCUT2D eigenvalue weighted by molar-refractivity contribution is 5.91. The Bertz CT molecular complexity index is 775. The van der Waals surface area contributed by atoms with Crippen LogP contribution in [0.25, 0.3) is 11.1 Å². The molecule has 2 heterocycles. The summed E-state index contributed by atoms with van der Waals surface area (Å²) in [5.74, 6) is -0.508. The number of aromatic nitrogens is 3. The third-order valence-corrected chi connectivity index (χ3v) is 2.75. The van der Waals surface area contributed by atoms with E-state index in [9.17, 15) is 4.79 Å². The van der Waals surface area contributed by atoms with Crippen molar-refractivity contribution in [1.82, 2.24) is 14.8 Å². The standard InChI is InChI=1S/C13H11N3O4/c1-2-16-7-9(6-14-16)19-13-15-10-4-3-8(12(17)18)5-11(10)20-13/h3-7H,2H2,1H3,(H,17,18). The molecule has 3 rings (SSSR count). The first-order valence-corrected chi connectivity index (χ1v) is 6.00. The van der Waals surface area contributed by atoms with Gasteiger partial charge in [0.2, 0.25) is 0 Å². The molecule has 1 aromatic carbocycles. The van der Waals surface area contributed by atoms with Crippen LogP contribution in [0.3, 0.4) is 0 Å². The number of rotatable bonds is 4. The molecule has 0 aliphatic heterocycles.